The van der Waals surface area contributed by atoms with E-state index in [1.807, 2.05) is 0 Å². The Morgan fingerprint density at radius 2 is 1.50 bits per heavy atom. The molecule has 4 N–H and O–H groups in total. The SMILES string of the molecule is C[N+]1(C)CCC(N)(N)CC1. The Morgan fingerprint density at radius 3 is 1.80 bits per heavy atom. The molecule has 1 rings (SSSR count). The molecule has 3 nitrogen and oxygen atoms in total. The minimum absolute atomic E-state index is 0.381. The van der Waals surface area contributed by atoms with E-state index in [1.54, 1.807) is 0 Å². The van der Waals surface area contributed by atoms with E-state index in [-0.39, 0.29) is 5.66 Å². The van der Waals surface area contributed by atoms with Gasteiger partial charge in [0, 0.05) is 12.8 Å². The number of quaternary nitrogens is 1. The molecule has 0 spiro atoms. The third kappa shape index (κ3) is 1.94. The van der Waals surface area contributed by atoms with Crippen LogP contribution in [0.2, 0.25) is 0 Å². The van der Waals surface area contributed by atoms with Crippen LogP contribution >= 0.6 is 0 Å². The molecule has 1 aliphatic rings. The van der Waals surface area contributed by atoms with Crippen molar-refractivity contribution in [1.82, 2.24) is 0 Å². The van der Waals surface area contributed by atoms with Crippen LogP contribution in [0.3, 0.4) is 0 Å². The molecule has 3 heteroatoms. The summed E-state index contributed by atoms with van der Waals surface area (Å²) in [4.78, 5) is 0. The van der Waals surface area contributed by atoms with E-state index in [0.717, 1.165) is 30.4 Å². The maximum atomic E-state index is 5.77. The molecule has 0 amide bonds. The van der Waals surface area contributed by atoms with E-state index in [2.05, 4.69) is 14.1 Å². The van der Waals surface area contributed by atoms with Gasteiger partial charge in [0.1, 0.15) is 0 Å². The first kappa shape index (κ1) is 7.98. The zero-order valence-electron chi connectivity index (χ0n) is 6.93. The molecule has 60 valence electrons. The van der Waals surface area contributed by atoms with Crippen LogP contribution in [0.5, 0.6) is 0 Å². The van der Waals surface area contributed by atoms with Crippen LogP contribution in [0, 0.1) is 0 Å². The zero-order chi connectivity index (χ0) is 7.83. The van der Waals surface area contributed by atoms with Crippen molar-refractivity contribution in [3.63, 3.8) is 0 Å². The van der Waals surface area contributed by atoms with E-state index < -0.39 is 0 Å². The predicted molar refractivity (Wildman–Crippen MR) is 42.2 cm³/mol. The Hall–Kier alpha value is -0.120. The molecule has 10 heavy (non-hydrogen) atoms. The average molecular weight is 144 g/mol. The summed E-state index contributed by atoms with van der Waals surface area (Å²) in [6.45, 7) is 2.21. The van der Waals surface area contributed by atoms with Crippen molar-refractivity contribution in [3.05, 3.63) is 0 Å². The van der Waals surface area contributed by atoms with Gasteiger partial charge in [-0.05, 0) is 0 Å². The summed E-state index contributed by atoms with van der Waals surface area (Å²) in [5, 5.41) is 0. The smallest absolute Gasteiger partial charge is 0.0813 e. The molecule has 0 bridgehead atoms. The van der Waals surface area contributed by atoms with E-state index in [9.17, 15) is 0 Å². The Morgan fingerprint density at radius 1 is 1.10 bits per heavy atom. The van der Waals surface area contributed by atoms with Crippen LogP contribution < -0.4 is 11.5 Å². The van der Waals surface area contributed by atoms with Crippen LogP contribution in [0.15, 0.2) is 0 Å². The van der Waals surface area contributed by atoms with Crippen molar-refractivity contribution < 1.29 is 4.48 Å². The maximum absolute atomic E-state index is 5.77. The van der Waals surface area contributed by atoms with E-state index >= 15 is 0 Å². The lowest BCUT2D eigenvalue weighted by atomic mass is 9.98. The molecule has 1 heterocycles. The number of likely N-dealkylation sites (tertiary alicyclic amines) is 1. The van der Waals surface area contributed by atoms with Gasteiger partial charge in [0.05, 0.1) is 32.8 Å². The molecule has 0 aromatic heterocycles. The largest absolute Gasteiger partial charge is 0.328 e. The van der Waals surface area contributed by atoms with Gasteiger partial charge in [-0.1, -0.05) is 0 Å². The fourth-order valence-electron chi connectivity index (χ4n) is 1.26. The van der Waals surface area contributed by atoms with E-state index in [0.29, 0.717) is 0 Å². The van der Waals surface area contributed by atoms with Crippen LogP contribution in [-0.4, -0.2) is 37.3 Å². The third-order valence-electron chi connectivity index (χ3n) is 2.37. The highest BCUT2D eigenvalue weighted by molar-refractivity contribution is 4.78. The van der Waals surface area contributed by atoms with Gasteiger partial charge in [-0.25, -0.2) is 0 Å². The second-order valence-electron chi connectivity index (χ2n) is 4.12. The predicted octanol–water partition coefficient (Wildman–Crippen LogP) is -0.530. The van der Waals surface area contributed by atoms with Crippen molar-refractivity contribution in [2.45, 2.75) is 18.5 Å². The lowest BCUT2D eigenvalue weighted by Crippen LogP contribution is -2.60. The molecule has 0 aromatic rings. The molecule has 1 aliphatic heterocycles. The molecular formula is C7H18N3+. The fourth-order valence-corrected chi connectivity index (χ4v) is 1.26. The second-order valence-corrected chi connectivity index (χ2v) is 4.12. The summed E-state index contributed by atoms with van der Waals surface area (Å²) in [7, 11) is 4.43. The topological polar surface area (TPSA) is 52.0 Å². The van der Waals surface area contributed by atoms with Gasteiger partial charge in [-0.2, -0.15) is 0 Å². The Balaban J connectivity index is 2.46. The summed E-state index contributed by atoms with van der Waals surface area (Å²) >= 11 is 0. The summed E-state index contributed by atoms with van der Waals surface area (Å²) < 4.78 is 1.07. The molecular weight excluding hydrogens is 126 g/mol. The van der Waals surface area contributed by atoms with Gasteiger partial charge in [-0.15, -0.1) is 0 Å². The van der Waals surface area contributed by atoms with Crippen molar-refractivity contribution in [2.75, 3.05) is 27.2 Å². The summed E-state index contributed by atoms with van der Waals surface area (Å²) in [6, 6.07) is 0. The Bertz CT molecular complexity index is 101. The number of rotatable bonds is 0. The molecule has 0 saturated carbocycles. The Labute approximate surface area is 62.6 Å². The van der Waals surface area contributed by atoms with Crippen LogP contribution in [0.25, 0.3) is 0 Å². The van der Waals surface area contributed by atoms with Gasteiger partial charge in [-0.3, -0.25) is 0 Å². The van der Waals surface area contributed by atoms with Crippen LogP contribution in [-0.2, 0) is 0 Å². The van der Waals surface area contributed by atoms with Crippen molar-refractivity contribution in [1.29, 1.82) is 0 Å². The number of hydrogen-bond donors (Lipinski definition) is 2. The van der Waals surface area contributed by atoms with Crippen molar-refractivity contribution in [2.24, 2.45) is 11.5 Å². The zero-order valence-corrected chi connectivity index (χ0v) is 6.93. The van der Waals surface area contributed by atoms with Crippen LogP contribution in [0.4, 0.5) is 0 Å². The van der Waals surface area contributed by atoms with Gasteiger partial charge >= 0.3 is 0 Å². The molecule has 0 aromatic carbocycles. The van der Waals surface area contributed by atoms with E-state index in [4.69, 9.17) is 11.5 Å². The lowest BCUT2D eigenvalue weighted by molar-refractivity contribution is -0.896. The van der Waals surface area contributed by atoms with Gasteiger partial charge in [0.2, 0.25) is 0 Å². The first-order valence-corrected chi connectivity index (χ1v) is 3.81. The first-order chi connectivity index (χ1) is 4.41. The molecule has 1 fully saturated rings. The minimum Gasteiger partial charge on any atom is -0.328 e. The highest BCUT2D eigenvalue weighted by Crippen LogP contribution is 2.17. The summed E-state index contributed by atoms with van der Waals surface area (Å²) in [6.07, 6.45) is 1.89. The average Bonchev–Trinajstić information content (AvgIpc) is 1.79. The number of hydrogen-bond acceptors (Lipinski definition) is 2. The van der Waals surface area contributed by atoms with Gasteiger partial charge < -0.3 is 16.0 Å². The quantitative estimate of drug-likeness (QED) is 0.355. The van der Waals surface area contributed by atoms with E-state index in [1.165, 1.54) is 0 Å². The summed E-state index contributed by atoms with van der Waals surface area (Å²) in [5.74, 6) is 0. The van der Waals surface area contributed by atoms with Gasteiger partial charge in [0.25, 0.3) is 0 Å². The highest BCUT2D eigenvalue weighted by Gasteiger charge is 2.32. The third-order valence-corrected chi connectivity index (χ3v) is 2.37. The van der Waals surface area contributed by atoms with Crippen LogP contribution in [0.1, 0.15) is 12.8 Å². The Kier molecular flexibility index (Phi) is 1.75. The monoisotopic (exact) mass is 144 g/mol. The standard InChI is InChI=1S/C7H18N3/c1-10(2)5-3-7(8,9)4-6-10/h3-6,8-9H2,1-2H3/q+1. The van der Waals surface area contributed by atoms with Crippen molar-refractivity contribution in [3.8, 4) is 0 Å². The lowest BCUT2D eigenvalue weighted by Gasteiger charge is -2.40. The molecule has 0 radical (unpaired) electrons. The minimum atomic E-state index is -0.381. The fraction of sp³-hybridized carbons (Fsp3) is 1.00. The number of nitrogens with zero attached hydrogens (tertiary/aromatic N) is 1. The van der Waals surface area contributed by atoms with Gasteiger partial charge in [0.15, 0.2) is 0 Å². The number of nitrogens with two attached hydrogens (primary N) is 2. The molecule has 0 unspecified atom stereocenters. The van der Waals surface area contributed by atoms with Crippen molar-refractivity contribution >= 4 is 0 Å². The second kappa shape index (κ2) is 2.19. The normalized spacial score (nSPS) is 30.0. The highest BCUT2D eigenvalue weighted by atomic mass is 15.3. The first-order valence-electron chi connectivity index (χ1n) is 3.81. The molecule has 0 atom stereocenters. The summed E-state index contributed by atoms with van der Waals surface area (Å²) in [5.41, 5.74) is 11.2. The number of piperidine rings is 1. The molecule has 0 aliphatic carbocycles. The molecule has 1 saturated heterocycles. The maximum Gasteiger partial charge on any atom is 0.0813 e.